The van der Waals surface area contributed by atoms with Crippen LogP contribution < -0.4 is 5.32 Å². The molecule has 0 aromatic carbocycles. The number of carbonyl (C=O) groups excluding carboxylic acids is 1. The van der Waals surface area contributed by atoms with Gasteiger partial charge in [0.15, 0.2) is 12.6 Å². The second-order valence-electron chi connectivity index (χ2n) is 31.4. The first kappa shape index (κ1) is 98.5. The van der Waals surface area contributed by atoms with Crippen molar-refractivity contribution in [1.82, 2.24) is 5.32 Å². The van der Waals surface area contributed by atoms with Crippen molar-refractivity contribution < 1.29 is 64.6 Å². The minimum Gasteiger partial charge on any atom is -0.394 e. The molecule has 0 spiro atoms. The van der Waals surface area contributed by atoms with E-state index in [2.05, 4.69) is 79.9 Å². The molecule has 2 heterocycles. The summed E-state index contributed by atoms with van der Waals surface area (Å²) in [7, 11) is 0. The Morgan fingerprint density at radius 2 is 0.638 bits per heavy atom. The standard InChI is InChI=1S/C91H167NO13/c1-3-5-7-9-11-13-15-17-19-21-23-25-27-29-31-33-35-37-38-39-40-41-42-43-45-47-49-51-53-55-57-59-61-63-65-67-69-71-73-75-83(96)92-79(78-102-90-88(101)86(99)89(82(77-94)104-90)105-91-87(100)85(98)84(97)81(76-93)103-91)80(95)74-72-70-68-66-64-62-60-58-56-54-52-50-48-46-44-36-34-32-30-28-26-24-22-20-18-16-14-12-10-8-6-4-2/h15,17,21,23,27,29,56,58,64,66,72,74,79-82,84-91,93-95,97-101H,3-14,16,18-20,22,24-26,28,30-55,57,59-63,65,67-71,73,75-78H2,1-2H3,(H,92,96)/b17-15-,23-21-,29-27-,58-56+,66-64+,74-72+. The number of amides is 1. The van der Waals surface area contributed by atoms with Crippen LogP contribution in [0.4, 0.5) is 0 Å². The molecule has 12 unspecified atom stereocenters. The highest BCUT2D eigenvalue weighted by Gasteiger charge is 2.51. The van der Waals surface area contributed by atoms with Gasteiger partial charge in [-0.05, 0) is 83.5 Å². The summed E-state index contributed by atoms with van der Waals surface area (Å²) in [5, 5.41) is 87.8. The van der Waals surface area contributed by atoms with Gasteiger partial charge in [-0.3, -0.25) is 4.79 Å². The molecule has 12 atom stereocenters. The molecule has 0 aromatic rings. The SMILES string of the molecule is CCCCCCC/C=C\C/C=C\C/C=C\CCCCCCCCCCCCCCCCCCCCCCCCCCC(=O)NC(COC1OC(CO)C(OC2OC(CO)C(O)C(O)C2O)C(O)C1O)C(O)/C=C/CC/C=C/CC/C=C/CCCCCCCCCCCCCCCCCCCCCCCC. The van der Waals surface area contributed by atoms with Crippen molar-refractivity contribution >= 4 is 5.91 Å². The largest absolute Gasteiger partial charge is 0.394 e. The average molecular weight is 1480 g/mol. The molecular weight excluding hydrogens is 1310 g/mol. The lowest BCUT2D eigenvalue weighted by atomic mass is 9.97. The zero-order valence-electron chi connectivity index (χ0n) is 67.7. The zero-order valence-corrected chi connectivity index (χ0v) is 67.7. The van der Waals surface area contributed by atoms with Gasteiger partial charge in [-0.2, -0.15) is 0 Å². The molecule has 0 radical (unpaired) electrons. The topological polar surface area (TPSA) is 228 Å². The Balaban J connectivity index is 1.58. The molecule has 0 bridgehead atoms. The van der Waals surface area contributed by atoms with E-state index in [0.717, 1.165) is 57.8 Å². The lowest BCUT2D eigenvalue weighted by molar-refractivity contribution is -0.359. The van der Waals surface area contributed by atoms with Crippen molar-refractivity contribution in [3.8, 4) is 0 Å². The van der Waals surface area contributed by atoms with Crippen molar-refractivity contribution in [3.63, 3.8) is 0 Å². The summed E-state index contributed by atoms with van der Waals surface area (Å²) in [6.45, 7) is 2.82. The molecule has 2 fully saturated rings. The fraction of sp³-hybridized carbons (Fsp3) is 0.857. The van der Waals surface area contributed by atoms with Gasteiger partial charge in [0.05, 0.1) is 32.0 Å². The van der Waals surface area contributed by atoms with Gasteiger partial charge in [0, 0.05) is 6.42 Å². The van der Waals surface area contributed by atoms with Crippen LogP contribution in [0.15, 0.2) is 72.9 Å². The van der Waals surface area contributed by atoms with E-state index in [1.165, 1.54) is 315 Å². The maximum absolute atomic E-state index is 13.4. The van der Waals surface area contributed by atoms with Crippen LogP contribution in [0.1, 0.15) is 406 Å². The number of hydrogen-bond donors (Lipinski definition) is 9. The van der Waals surface area contributed by atoms with Crippen LogP contribution in [0, 0.1) is 0 Å². The summed E-state index contributed by atoms with van der Waals surface area (Å²) in [5.74, 6) is -0.247. The van der Waals surface area contributed by atoms with Crippen molar-refractivity contribution in [1.29, 1.82) is 0 Å². The normalized spacial score (nSPS) is 21.7. The molecule has 2 aliphatic rings. The highest BCUT2D eigenvalue weighted by Crippen LogP contribution is 2.31. The van der Waals surface area contributed by atoms with Crippen LogP contribution in [-0.4, -0.2) is 140 Å². The lowest BCUT2D eigenvalue weighted by Crippen LogP contribution is -2.65. The van der Waals surface area contributed by atoms with Crippen LogP contribution in [0.2, 0.25) is 0 Å². The molecule has 0 saturated carbocycles. The molecule has 2 saturated heterocycles. The molecule has 0 aromatic heterocycles. The third kappa shape index (κ3) is 56.3. The maximum atomic E-state index is 13.4. The Labute approximate surface area is 644 Å². The first-order chi connectivity index (χ1) is 51.6. The number of rotatable bonds is 76. The van der Waals surface area contributed by atoms with Gasteiger partial charge in [0.1, 0.15) is 48.8 Å². The predicted octanol–water partition coefficient (Wildman–Crippen LogP) is 21.6. The van der Waals surface area contributed by atoms with E-state index >= 15 is 0 Å². The van der Waals surface area contributed by atoms with Gasteiger partial charge in [-0.15, -0.1) is 0 Å². The number of carbonyl (C=O) groups is 1. The maximum Gasteiger partial charge on any atom is 0.220 e. The van der Waals surface area contributed by atoms with Crippen molar-refractivity contribution in [2.75, 3.05) is 19.8 Å². The second-order valence-corrected chi connectivity index (χ2v) is 31.4. The number of aliphatic hydroxyl groups is 8. The molecule has 105 heavy (non-hydrogen) atoms. The van der Waals surface area contributed by atoms with Crippen LogP contribution in [0.3, 0.4) is 0 Å². The fourth-order valence-electron chi connectivity index (χ4n) is 14.6. The Kier molecular flexibility index (Phi) is 69.6. The Morgan fingerprint density at radius 3 is 1.00 bits per heavy atom. The van der Waals surface area contributed by atoms with Gasteiger partial charge in [0.25, 0.3) is 0 Å². The van der Waals surface area contributed by atoms with E-state index in [9.17, 15) is 45.6 Å². The zero-order chi connectivity index (χ0) is 75.8. The molecule has 2 aliphatic heterocycles. The molecule has 2 rings (SSSR count). The predicted molar refractivity (Wildman–Crippen MR) is 438 cm³/mol. The third-order valence-corrected chi connectivity index (χ3v) is 21.6. The van der Waals surface area contributed by atoms with Crippen LogP contribution in [-0.2, 0) is 23.7 Å². The Hall–Kier alpha value is -2.57. The molecule has 14 nitrogen and oxygen atoms in total. The molecular formula is C91H167NO13. The monoisotopic (exact) mass is 1480 g/mol. The Morgan fingerprint density at radius 1 is 0.343 bits per heavy atom. The summed E-state index contributed by atoms with van der Waals surface area (Å²) >= 11 is 0. The molecule has 9 N–H and O–H groups in total. The summed E-state index contributed by atoms with van der Waals surface area (Å²) in [5.41, 5.74) is 0. The van der Waals surface area contributed by atoms with Gasteiger partial charge < -0.3 is 65.1 Å². The number of hydrogen-bond acceptors (Lipinski definition) is 13. The average Bonchev–Trinajstić information content (AvgIpc) is 0.789. The minimum atomic E-state index is -1.80. The minimum absolute atomic E-state index is 0.247. The summed E-state index contributed by atoms with van der Waals surface area (Å²) in [4.78, 5) is 13.4. The van der Waals surface area contributed by atoms with E-state index in [-0.39, 0.29) is 18.9 Å². The van der Waals surface area contributed by atoms with Crippen molar-refractivity contribution in [2.45, 2.75) is 479 Å². The lowest BCUT2D eigenvalue weighted by Gasteiger charge is -2.46. The van der Waals surface area contributed by atoms with E-state index in [1.54, 1.807) is 6.08 Å². The first-order valence-electron chi connectivity index (χ1n) is 44.7. The van der Waals surface area contributed by atoms with Crippen molar-refractivity contribution in [2.24, 2.45) is 0 Å². The van der Waals surface area contributed by atoms with Gasteiger partial charge in [-0.1, -0.05) is 389 Å². The molecule has 0 aliphatic carbocycles. The molecule has 1 amide bonds. The van der Waals surface area contributed by atoms with Crippen LogP contribution in [0.25, 0.3) is 0 Å². The first-order valence-corrected chi connectivity index (χ1v) is 44.7. The molecule has 614 valence electrons. The number of ether oxygens (including phenoxy) is 4. The summed E-state index contributed by atoms with van der Waals surface area (Å²) in [6, 6.07) is -0.942. The van der Waals surface area contributed by atoms with Gasteiger partial charge in [0.2, 0.25) is 5.91 Å². The van der Waals surface area contributed by atoms with Crippen LogP contribution >= 0.6 is 0 Å². The van der Waals surface area contributed by atoms with E-state index in [1.807, 2.05) is 6.08 Å². The van der Waals surface area contributed by atoms with E-state index < -0.39 is 86.8 Å². The Bertz CT molecular complexity index is 2050. The van der Waals surface area contributed by atoms with Gasteiger partial charge >= 0.3 is 0 Å². The second kappa shape index (κ2) is 74.2. The summed E-state index contributed by atoms with van der Waals surface area (Å²) in [6.07, 6.45) is 87.4. The number of nitrogens with one attached hydrogen (secondary N) is 1. The quantitative estimate of drug-likeness (QED) is 0.0204. The highest BCUT2D eigenvalue weighted by molar-refractivity contribution is 5.76. The number of unbranched alkanes of at least 4 members (excludes halogenated alkanes) is 53. The fourth-order valence-corrected chi connectivity index (χ4v) is 14.6. The number of allylic oxidation sites excluding steroid dienone is 11. The van der Waals surface area contributed by atoms with E-state index in [0.29, 0.717) is 12.8 Å². The summed E-state index contributed by atoms with van der Waals surface area (Å²) < 4.78 is 22.9. The third-order valence-electron chi connectivity index (χ3n) is 21.6. The molecule has 14 heteroatoms. The smallest absolute Gasteiger partial charge is 0.220 e. The number of aliphatic hydroxyl groups excluding tert-OH is 8. The van der Waals surface area contributed by atoms with E-state index in [4.69, 9.17) is 18.9 Å². The van der Waals surface area contributed by atoms with Crippen LogP contribution in [0.5, 0.6) is 0 Å². The highest BCUT2D eigenvalue weighted by atomic mass is 16.7. The van der Waals surface area contributed by atoms with Crippen molar-refractivity contribution in [3.05, 3.63) is 72.9 Å². The van der Waals surface area contributed by atoms with Gasteiger partial charge in [-0.25, -0.2) is 0 Å².